The lowest BCUT2D eigenvalue weighted by Gasteiger charge is -2.22. The van der Waals surface area contributed by atoms with Crippen molar-refractivity contribution >= 4 is 27.9 Å². The summed E-state index contributed by atoms with van der Waals surface area (Å²) in [7, 11) is 0. The SMILES string of the molecule is C[C@]1(c2cc(F)ccc2F)NC(=O)N(Cc2ccc(Br)cc2)C1=O. The number of benzene rings is 2. The van der Waals surface area contributed by atoms with Gasteiger partial charge in [0.1, 0.15) is 17.2 Å². The van der Waals surface area contributed by atoms with E-state index in [1.54, 1.807) is 24.3 Å². The van der Waals surface area contributed by atoms with Gasteiger partial charge in [0, 0.05) is 10.0 Å². The van der Waals surface area contributed by atoms with Gasteiger partial charge in [0.05, 0.1) is 6.54 Å². The summed E-state index contributed by atoms with van der Waals surface area (Å²) in [4.78, 5) is 25.9. The average Bonchev–Trinajstić information content (AvgIpc) is 2.76. The number of amides is 3. The Bertz CT molecular complexity index is 826. The molecule has 1 N–H and O–H groups in total. The molecule has 1 fully saturated rings. The number of carbonyl (C=O) groups is 2. The minimum atomic E-state index is -1.64. The Labute approximate surface area is 145 Å². The highest BCUT2D eigenvalue weighted by atomic mass is 79.9. The molecule has 0 unspecified atom stereocenters. The van der Waals surface area contributed by atoms with Gasteiger partial charge < -0.3 is 5.32 Å². The molecule has 1 saturated heterocycles. The summed E-state index contributed by atoms with van der Waals surface area (Å²) in [6.45, 7) is 1.41. The standard InChI is InChI=1S/C17H13BrF2N2O2/c1-17(13-8-12(19)6-7-14(13)20)15(23)22(16(24)21-17)9-10-2-4-11(18)5-3-10/h2-8H,9H2,1H3,(H,21,24)/t17-/m1/s1. The van der Waals surface area contributed by atoms with Gasteiger partial charge >= 0.3 is 6.03 Å². The van der Waals surface area contributed by atoms with Crippen molar-refractivity contribution < 1.29 is 18.4 Å². The molecule has 0 aliphatic carbocycles. The quantitative estimate of drug-likeness (QED) is 0.806. The molecule has 2 aromatic carbocycles. The Morgan fingerprint density at radius 1 is 1.12 bits per heavy atom. The summed E-state index contributed by atoms with van der Waals surface area (Å²) in [5.41, 5.74) is -1.09. The second-order valence-corrected chi connectivity index (χ2v) is 6.61. The van der Waals surface area contributed by atoms with E-state index in [1.807, 2.05) is 0 Å². The van der Waals surface area contributed by atoms with Crippen molar-refractivity contribution in [3.8, 4) is 0 Å². The Balaban J connectivity index is 1.93. The third kappa shape index (κ3) is 2.80. The number of urea groups is 1. The molecule has 3 amide bonds. The molecule has 0 saturated carbocycles. The number of nitrogens with zero attached hydrogens (tertiary/aromatic N) is 1. The van der Waals surface area contributed by atoms with E-state index in [9.17, 15) is 18.4 Å². The first-order chi connectivity index (χ1) is 11.3. The molecule has 1 aliphatic heterocycles. The molecular formula is C17H13BrF2N2O2. The highest BCUT2D eigenvalue weighted by Gasteiger charge is 2.50. The van der Waals surface area contributed by atoms with E-state index in [-0.39, 0.29) is 12.1 Å². The average molecular weight is 395 g/mol. The van der Waals surface area contributed by atoms with Crippen LogP contribution in [0.25, 0.3) is 0 Å². The first-order valence-electron chi connectivity index (χ1n) is 7.15. The van der Waals surface area contributed by atoms with E-state index < -0.39 is 29.1 Å². The summed E-state index contributed by atoms with van der Waals surface area (Å²) in [6, 6.07) is 9.30. The van der Waals surface area contributed by atoms with Gasteiger partial charge in [-0.05, 0) is 42.8 Å². The smallest absolute Gasteiger partial charge is 0.319 e. The zero-order valence-electron chi connectivity index (χ0n) is 12.6. The zero-order valence-corrected chi connectivity index (χ0v) is 14.2. The molecule has 0 spiro atoms. The molecule has 3 rings (SSSR count). The molecule has 1 atom stereocenters. The Hall–Kier alpha value is -2.28. The molecular weight excluding hydrogens is 382 g/mol. The number of halogens is 3. The lowest BCUT2D eigenvalue weighted by Crippen LogP contribution is -2.41. The van der Waals surface area contributed by atoms with Crippen LogP contribution in [-0.2, 0) is 16.9 Å². The number of hydrogen-bond acceptors (Lipinski definition) is 2. The predicted octanol–water partition coefficient (Wildman–Crippen LogP) is 3.69. The maximum atomic E-state index is 14.1. The van der Waals surface area contributed by atoms with E-state index in [1.165, 1.54) is 6.92 Å². The first kappa shape index (κ1) is 16.6. The number of hydrogen-bond donors (Lipinski definition) is 1. The van der Waals surface area contributed by atoms with Crippen LogP contribution >= 0.6 is 15.9 Å². The third-order valence-corrected chi connectivity index (χ3v) is 4.52. The van der Waals surface area contributed by atoms with Crippen molar-refractivity contribution in [2.45, 2.75) is 19.0 Å². The monoisotopic (exact) mass is 394 g/mol. The van der Waals surface area contributed by atoms with Crippen molar-refractivity contribution in [1.82, 2.24) is 10.2 Å². The van der Waals surface area contributed by atoms with E-state index in [4.69, 9.17) is 0 Å². The van der Waals surface area contributed by atoms with Crippen LogP contribution in [0, 0.1) is 11.6 Å². The maximum Gasteiger partial charge on any atom is 0.325 e. The fourth-order valence-corrected chi connectivity index (χ4v) is 2.94. The summed E-state index contributed by atoms with van der Waals surface area (Å²) in [6.07, 6.45) is 0. The Morgan fingerprint density at radius 3 is 2.46 bits per heavy atom. The van der Waals surface area contributed by atoms with E-state index in [2.05, 4.69) is 21.2 Å². The topological polar surface area (TPSA) is 49.4 Å². The second kappa shape index (κ2) is 5.98. The van der Waals surface area contributed by atoms with Crippen LogP contribution in [0.1, 0.15) is 18.1 Å². The van der Waals surface area contributed by atoms with Gasteiger partial charge in [0.15, 0.2) is 0 Å². The molecule has 7 heteroatoms. The van der Waals surface area contributed by atoms with Crippen molar-refractivity contribution in [2.75, 3.05) is 0 Å². The van der Waals surface area contributed by atoms with Crippen LogP contribution in [-0.4, -0.2) is 16.8 Å². The van der Waals surface area contributed by atoms with Crippen molar-refractivity contribution in [3.63, 3.8) is 0 Å². The second-order valence-electron chi connectivity index (χ2n) is 5.70. The molecule has 124 valence electrons. The summed E-state index contributed by atoms with van der Waals surface area (Å²) in [5, 5.41) is 2.47. The van der Waals surface area contributed by atoms with Crippen LogP contribution < -0.4 is 5.32 Å². The van der Waals surface area contributed by atoms with Gasteiger partial charge in [-0.25, -0.2) is 13.6 Å². The molecule has 4 nitrogen and oxygen atoms in total. The van der Waals surface area contributed by atoms with Crippen LogP contribution in [0.15, 0.2) is 46.9 Å². The van der Waals surface area contributed by atoms with Gasteiger partial charge in [0.25, 0.3) is 5.91 Å². The highest BCUT2D eigenvalue weighted by molar-refractivity contribution is 9.10. The lowest BCUT2D eigenvalue weighted by atomic mass is 9.91. The number of nitrogens with one attached hydrogen (secondary N) is 1. The van der Waals surface area contributed by atoms with Crippen LogP contribution in [0.3, 0.4) is 0 Å². The summed E-state index contributed by atoms with van der Waals surface area (Å²) in [5.74, 6) is -2.06. The number of rotatable bonds is 3. The van der Waals surface area contributed by atoms with Gasteiger partial charge in [-0.1, -0.05) is 28.1 Å². The number of imide groups is 1. The van der Waals surface area contributed by atoms with Crippen molar-refractivity contribution in [1.29, 1.82) is 0 Å². The van der Waals surface area contributed by atoms with E-state index >= 15 is 0 Å². The fraction of sp³-hybridized carbons (Fsp3) is 0.176. The van der Waals surface area contributed by atoms with Crippen LogP contribution in [0.4, 0.5) is 13.6 Å². The molecule has 0 aromatic heterocycles. The lowest BCUT2D eigenvalue weighted by molar-refractivity contribution is -0.131. The maximum absolute atomic E-state index is 14.1. The van der Waals surface area contributed by atoms with E-state index in [0.717, 1.165) is 33.1 Å². The highest BCUT2D eigenvalue weighted by Crippen LogP contribution is 2.32. The minimum Gasteiger partial charge on any atom is -0.319 e. The Morgan fingerprint density at radius 2 is 1.79 bits per heavy atom. The van der Waals surface area contributed by atoms with Crippen LogP contribution in [0.2, 0.25) is 0 Å². The third-order valence-electron chi connectivity index (χ3n) is 4.00. The van der Waals surface area contributed by atoms with Crippen molar-refractivity contribution in [3.05, 3.63) is 69.7 Å². The van der Waals surface area contributed by atoms with Gasteiger partial charge in [-0.2, -0.15) is 0 Å². The molecule has 2 aromatic rings. The van der Waals surface area contributed by atoms with Crippen LogP contribution in [0.5, 0.6) is 0 Å². The van der Waals surface area contributed by atoms with Crippen molar-refractivity contribution in [2.24, 2.45) is 0 Å². The van der Waals surface area contributed by atoms with Gasteiger partial charge in [-0.15, -0.1) is 0 Å². The molecule has 0 radical (unpaired) electrons. The molecule has 0 bridgehead atoms. The summed E-state index contributed by atoms with van der Waals surface area (Å²) < 4.78 is 28.4. The number of carbonyl (C=O) groups excluding carboxylic acids is 2. The van der Waals surface area contributed by atoms with Gasteiger partial charge in [-0.3, -0.25) is 9.69 Å². The first-order valence-corrected chi connectivity index (χ1v) is 7.94. The zero-order chi connectivity index (χ0) is 17.5. The normalized spacial score (nSPS) is 20.4. The molecule has 24 heavy (non-hydrogen) atoms. The predicted molar refractivity (Wildman–Crippen MR) is 86.9 cm³/mol. The molecule has 1 aliphatic rings. The molecule has 1 heterocycles. The largest absolute Gasteiger partial charge is 0.325 e. The van der Waals surface area contributed by atoms with E-state index in [0.29, 0.717) is 0 Å². The Kier molecular flexibility index (Phi) is 4.13. The minimum absolute atomic E-state index is 0.0461. The fourth-order valence-electron chi connectivity index (χ4n) is 2.68. The summed E-state index contributed by atoms with van der Waals surface area (Å²) >= 11 is 3.31. The van der Waals surface area contributed by atoms with Gasteiger partial charge in [0.2, 0.25) is 0 Å².